The van der Waals surface area contributed by atoms with Crippen LogP contribution in [0.3, 0.4) is 0 Å². The van der Waals surface area contributed by atoms with Crippen molar-refractivity contribution in [3.8, 4) is 11.5 Å². The van der Waals surface area contributed by atoms with Crippen molar-refractivity contribution in [1.29, 1.82) is 0 Å². The number of furan rings is 1. The zero-order valence-electron chi connectivity index (χ0n) is 20.7. The highest BCUT2D eigenvalue weighted by molar-refractivity contribution is 6.04. The molecule has 4 rings (SSSR count). The Kier molecular flexibility index (Phi) is 7.31. The number of benzene rings is 1. The van der Waals surface area contributed by atoms with Gasteiger partial charge in [-0.15, -0.1) is 0 Å². The van der Waals surface area contributed by atoms with Crippen molar-refractivity contribution in [2.24, 2.45) is 0 Å². The van der Waals surface area contributed by atoms with E-state index in [4.69, 9.17) is 23.4 Å². The van der Waals surface area contributed by atoms with Crippen molar-refractivity contribution in [3.05, 3.63) is 70.0 Å². The number of rotatable bonds is 8. The number of aryl methyl sites for hydroxylation is 1. The minimum absolute atomic E-state index is 0.0349. The van der Waals surface area contributed by atoms with Crippen LogP contribution in [-0.2, 0) is 19.1 Å². The number of methoxy groups -OCH3 is 3. The third kappa shape index (κ3) is 4.84. The molecule has 2 aromatic rings. The molecular formula is C27H31NO7. The second-order valence-corrected chi connectivity index (χ2v) is 8.71. The first kappa shape index (κ1) is 24.6. The van der Waals surface area contributed by atoms with Gasteiger partial charge in [0, 0.05) is 30.5 Å². The number of carbonyl (C=O) groups excluding carboxylic acids is 2. The summed E-state index contributed by atoms with van der Waals surface area (Å²) >= 11 is 0. The van der Waals surface area contributed by atoms with Gasteiger partial charge in [0.1, 0.15) is 18.1 Å². The van der Waals surface area contributed by atoms with E-state index in [-0.39, 0.29) is 24.9 Å². The Morgan fingerprint density at radius 3 is 2.46 bits per heavy atom. The van der Waals surface area contributed by atoms with Gasteiger partial charge in [-0.05, 0) is 56.0 Å². The maximum absolute atomic E-state index is 13.6. The van der Waals surface area contributed by atoms with Gasteiger partial charge in [-0.25, -0.2) is 4.79 Å². The summed E-state index contributed by atoms with van der Waals surface area (Å²) in [6, 6.07) is 9.38. The first-order chi connectivity index (χ1) is 16.9. The number of ether oxygens (including phenoxy) is 4. The number of ketones is 1. The van der Waals surface area contributed by atoms with Crippen LogP contribution in [0.2, 0.25) is 0 Å². The van der Waals surface area contributed by atoms with E-state index in [0.717, 1.165) is 11.3 Å². The highest BCUT2D eigenvalue weighted by atomic mass is 16.6. The molecule has 0 saturated heterocycles. The second kappa shape index (κ2) is 10.4. The van der Waals surface area contributed by atoms with Crippen LogP contribution in [0.1, 0.15) is 48.7 Å². The molecule has 1 N–H and O–H groups in total. The molecule has 0 saturated carbocycles. The summed E-state index contributed by atoms with van der Waals surface area (Å²) in [5.74, 6) is 1.31. The molecule has 0 amide bonds. The Labute approximate surface area is 204 Å². The van der Waals surface area contributed by atoms with Crippen LogP contribution >= 0.6 is 0 Å². The number of Topliss-reactive ketones (excluding diaryl/α,β-unsaturated/α-hetero) is 1. The molecule has 0 radical (unpaired) electrons. The zero-order chi connectivity index (χ0) is 25.1. The van der Waals surface area contributed by atoms with Crippen molar-refractivity contribution >= 4 is 11.8 Å². The highest BCUT2D eigenvalue weighted by Gasteiger charge is 2.42. The molecule has 0 bridgehead atoms. The van der Waals surface area contributed by atoms with Gasteiger partial charge in [-0.2, -0.15) is 0 Å². The van der Waals surface area contributed by atoms with Gasteiger partial charge < -0.3 is 28.7 Å². The van der Waals surface area contributed by atoms with Crippen molar-refractivity contribution in [3.63, 3.8) is 0 Å². The maximum atomic E-state index is 13.6. The molecule has 1 aliphatic carbocycles. The lowest BCUT2D eigenvalue weighted by molar-refractivity contribution is -0.140. The smallest absolute Gasteiger partial charge is 0.336 e. The number of hydrogen-bond acceptors (Lipinski definition) is 8. The first-order valence-electron chi connectivity index (χ1n) is 11.6. The van der Waals surface area contributed by atoms with E-state index >= 15 is 0 Å². The fourth-order valence-electron chi connectivity index (χ4n) is 4.84. The van der Waals surface area contributed by atoms with E-state index < -0.39 is 11.9 Å². The Bertz CT molecular complexity index is 1190. The van der Waals surface area contributed by atoms with Gasteiger partial charge in [0.15, 0.2) is 17.3 Å². The monoisotopic (exact) mass is 481 g/mol. The van der Waals surface area contributed by atoms with Gasteiger partial charge in [0.05, 0.1) is 32.3 Å². The fourth-order valence-corrected chi connectivity index (χ4v) is 4.84. The average molecular weight is 482 g/mol. The maximum Gasteiger partial charge on any atom is 0.336 e. The minimum Gasteiger partial charge on any atom is -0.493 e. The lowest BCUT2D eigenvalue weighted by Gasteiger charge is -2.35. The van der Waals surface area contributed by atoms with Crippen LogP contribution in [-0.4, -0.2) is 46.3 Å². The van der Waals surface area contributed by atoms with Gasteiger partial charge >= 0.3 is 5.97 Å². The summed E-state index contributed by atoms with van der Waals surface area (Å²) in [6.07, 6.45) is 0.910. The standard InChI is InChI=1S/C27H31NO7/c1-15-6-8-22(35-15)26-24(27(30)34-11-10-31-3)16(2)28-19-12-18(13-20(29)25(19)26)17-7-9-21(32-4)23(14-17)33-5/h6-9,14,18,26,28H,10-13H2,1-5H3/t18-,26+/m0/s1. The Morgan fingerprint density at radius 1 is 1.03 bits per heavy atom. The number of esters is 1. The molecule has 2 heterocycles. The summed E-state index contributed by atoms with van der Waals surface area (Å²) in [5, 5.41) is 3.34. The largest absolute Gasteiger partial charge is 0.493 e. The molecule has 8 heteroatoms. The third-order valence-corrected chi connectivity index (χ3v) is 6.49. The van der Waals surface area contributed by atoms with Crippen LogP contribution < -0.4 is 14.8 Å². The van der Waals surface area contributed by atoms with Gasteiger partial charge in [-0.1, -0.05) is 6.07 Å². The van der Waals surface area contributed by atoms with Crippen LogP contribution in [0.15, 0.2) is 57.3 Å². The quantitative estimate of drug-likeness (QED) is 0.444. The lowest BCUT2D eigenvalue weighted by Crippen LogP contribution is -2.36. The van der Waals surface area contributed by atoms with E-state index in [1.165, 1.54) is 0 Å². The van der Waals surface area contributed by atoms with Crippen LogP contribution in [0.5, 0.6) is 11.5 Å². The topological polar surface area (TPSA) is 96.2 Å². The Morgan fingerprint density at radius 2 is 1.80 bits per heavy atom. The molecule has 0 fully saturated rings. The van der Waals surface area contributed by atoms with E-state index in [2.05, 4.69) is 5.32 Å². The first-order valence-corrected chi connectivity index (χ1v) is 11.6. The molecule has 1 aliphatic heterocycles. The van der Waals surface area contributed by atoms with Crippen LogP contribution in [0.25, 0.3) is 0 Å². The lowest BCUT2D eigenvalue weighted by atomic mass is 9.73. The summed E-state index contributed by atoms with van der Waals surface area (Å²) in [4.78, 5) is 26.7. The summed E-state index contributed by atoms with van der Waals surface area (Å²) < 4.78 is 27.2. The molecule has 8 nitrogen and oxygen atoms in total. The van der Waals surface area contributed by atoms with Crippen molar-refractivity contribution in [2.45, 2.75) is 38.5 Å². The van der Waals surface area contributed by atoms with Crippen molar-refractivity contribution in [2.75, 3.05) is 34.5 Å². The van der Waals surface area contributed by atoms with Crippen molar-refractivity contribution < 1.29 is 33.0 Å². The number of allylic oxidation sites excluding steroid dienone is 3. The fraction of sp³-hybridized carbons (Fsp3) is 0.407. The molecule has 2 aliphatic rings. The molecule has 0 spiro atoms. The van der Waals surface area contributed by atoms with Crippen LogP contribution in [0, 0.1) is 6.92 Å². The number of carbonyl (C=O) groups is 2. The van der Waals surface area contributed by atoms with E-state index in [9.17, 15) is 9.59 Å². The highest BCUT2D eigenvalue weighted by Crippen LogP contribution is 2.46. The van der Waals surface area contributed by atoms with E-state index in [1.54, 1.807) is 21.3 Å². The molecule has 0 unspecified atom stereocenters. The molecule has 1 aromatic carbocycles. The van der Waals surface area contributed by atoms with Gasteiger partial charge in [0.2, 0.25) is 0 Å². The van der Waals surface area contributed by atoms with Gasteiger partial charge in [-0.3, -0.25) is 4.79 Å². The number of dihydropyridines is 1. The normalized spacial score (nSPS) is 19.9. The molecular weight excluding hydrogens is 450 g/mol. The van der Waals surface area contributed by atoms with E-state index in [0.29, 0.717) is 52.7 Å². The number of hydrogen-bond donors (Lipinski definition) is 1. The minimum atomic E-state index is -0.631. The third-order valence-electron chi connectivity index (χ3n) is 6.49. The van der Waals surface area contributed by atoms with Crippen molar-refractivity contribution in [1.82, 2.24) is 5.32 Å². The molecule has 2 atom stereocenters. The summed E-state index contributed by atoms with van der Waals surface area (Å²) in [7, 11) is 4.73. The zero-order valence-corrected chi connectivity index (χ0v) is 20.7. The predicted molar refractivity (Wildman–Crippen MR) is 128 cm³/mol. The Hall–Kier alpha value is -3.52. The van der Waals surface area contributed by atoms with Gasteiger partial charge in [0.25, 0.3) is 0 Å². The second-order valence-electron chi connectivity index (χ2n) is 8.71. The molecule has 186 valence electrons. The van der Waals surface area contributed by atoms with Crippen LogP contribution in [0.4, 0.5) is 0 Å². The summed E-state index contributed by atoms with van der Waals surface area (Å²) in [5.41, 5.74) is 3.37. The Balaban J connectivity index is 1.71. The van der Waals surface area contributed by atoms with E-state index in [1.807, 2.05) is 44.2 Å². The summed E-state index contributed by atoms with van der Waals surface area (Å²) in [6.45, 7) is 4.07. The average Bonchev–Trinajstić information content (AvgIpc) is 3.28. The number of nitrogens with one attached hydrogen (secondary N) is 1. The SMILES string of the molecule is COCCOC(=O)C1=C(C)NC2=C(C(=O)C[C@@H](c3ccc(OC)c(OC)c3)C2)[C@@H]1c1ccc(C)o1. The predicted octanol–water partition coefficient (Wildman–Crippen LogP) is 4.16. The molecule has 35 heavy (non-hydrogen) atoms. The molecule has 1 aromatic heterocycles.